The zero-order valence-electron chi connectivity index (χ0n) is 9.33. The standard InChI is InChI=1S/C11H15FN2O2/c1-3-6-14(2)8-5-4-7(12)10(13)9(8)11(15)16/h4-5H,3,6,13H2,1-2H3,(H,15,16). The molecule has 0 unspecified atom stereocenters. The average molecular weight is 226 g/mol. The van der Waals surface area contributed by atoms with Gasteiger partial charge in [0, 0.05) is 13.6 Å². The SMILES string of the molecule is CCCN(C)c1ccc(F)c(N)c1C(=O)O. The molecule has 0 aliphatic carbocycles. The average Bonchev–Trinajstić information content (AvgIpc) is 2.21. The molecule has 1 aromatic rings. The zero-order valence-corrected chi connectivity index (χ0v) is 9.33. The molecule has 0 spiro atoms. The summed E-state index contributed by atoms with van der Waals surface area (Å²) < 4.78 is 13.2. The number of rotatable bonds is 4. The van der Waals surface area contributed by atoms with Crippen molar-refractivity contribution in [3.63, 3.8) is 0 Å². The number of carboxylic acid groups (broad SMARTS) is 1. The Morgan fingerprint density at radius 3 is 2.69 bits per heavy atom. The Morgan fingerprint density at radius 2 is 2.19 bits per heavy atom. The van der Waals surface area contributed by atoms with Crippen LogP contribution in [-0.4, -0.2) is 24.7 Å². The lowest BCUT2D eigenvalue weighted by atomic mass is 10.1. The van der Waals surface area contributed by atoms with E-state index in [0.717, 1.165) is 6.42 Å². The highest BCUT2D eigenvalue weighted by Crippen LogP contribution is 2.27. The van der Waals surface area contributed by atoms with Gasteiger partial charge >= 0.3 is 5.97 Å². The van der Waals surface area contributed by atoms with Crippen molar-refractivity contribution in [2.24, 2.45) is 0 Å². The summed E-state index contributed by atoms with van der Waals surface area (Å²) in [6.45, 7) is 2.66. The van der Waals surface area contributed by atoms with E-state index in [4.69, 9.17) is 10.8 Å². The van der Waals surface area contributed by atoms with Gasteiger partial charge in [0.05, 0.1) is 11.4 Å². The van der Waals surface area contributed by atoms with Crippen molar-refractivity contribution in [3.8, 4) is 0 Å². The second kappa shape index (κ2) is 4.83. The van der Waals surface area contributed by atoms with Crippen molar-refractivity contribution >= 4 is 17.3 Å². The van der Waals surface area contributed by atoms with Crippen LogP contribution in [0.15, 0.2) is 12.1 Å². The van der Waals surface area contributed by atoms with Gasteiger partial charge in [-0.1, -0.05) is 6.92 Å². The van der Waals surface area contributed by atoms with Crippen LogP contribution >= 0.6 is 0 Å². The number of nitrogens with zero attached hydrogens (tertiary/aromatic N) is 1. The third-order valence-corrected chi connectivity index (χ3v) is 2.35. The van der Waals surface area contributed by atoms with Gasteiger partial charge in [0.25, 0.3) is 0 Å². The Morgan fingerprint density at radius 1 is 1.56 bits per heavy atom. The number of carbonyl (C=O) groups is 1. The molecule has 0 atom stereocenters. The maximum atomic E-state index is 13.2. The van der Waals surface area contributed by atoms with Crippen molar-refractivity contribution < 1.29 is 14.3 Å². The predicted octanol–water partition coefficient (Wildman–Crippen LogP) is 1.95. The molecule has 0 saturated carbocycles. The predicted molar refractivity (Wildman–Crippen MR) is 61.3 cm³/mol. The van der Waals surface area contributed by atoms with Crippen LogP contribution in [0.1, 0.15) is 23.7 Å². The molecule has 0 heterocycles. The second-order valence-electron chi connectivity index (χ2n) is 3.58. The first-order valence-electron chi connectivity index (χ1n) is 5.01. The van der Waals surface area contributed by atoms with Crippen LogP contribution in [0.3, 0.4) is 0 Å². The van der Waals surface area contributed by atoms with Crippen LogP contribution in [0.2, 0.25) is 0 Å². The first-order chi connectivity index (χ1) is 7.49. The quantitative estimate of drug-likeness (QED) is 0.770. The Kier molecular flexibility index (Phi) is 3.71. The van der Waals surface area contributed by atoms with Crippen molar-refractivity contribution in [2.45, 2.75) is 13.3 Å². The number of hydrogen-bond acceptors (Lipinski definition) is 3. The fourth-order valence-electron chi connectivity index (χ4n) is 1.58. The molecule has 3 N–H and O–H groups in total. The van der Waals surface area contributed by atoms with E-state index in [0.29, 0.717) is 12.2 Å². The smallest absolute Gasteiger partial charge is 0.340 e. The number of aromatic carboxylic acids is 1. The highest BCUT2D eigenvalue weighted by atomic mass is 19.1. The van der Waals surface area contributed by atoms with Gasteiger partial charge in [-0.25, -0.2) is 9.18 Å². The van der Waals surface area contributed by atoms with Crippen LogP contribution in [0, 0.1) is 5.82 Å². The Hall–Kier alpha value is -1.78. The number of benzene rings is 1. The molecule has 0 fully saturated rings. The molecule has 88 valence electrons. The summed E-state index contributed by atoms with van der Waals surface area (Å²) in [6.07, 6.45) is 0.868. The molecule has 0 saturated heterocycles. The minimum Gasteiger partial charge on any atom is -0.478 e. The molecular formula is C11H15FN2O2. The molecule has 16 heavy (non-hydrogen) atoms. The lowest BCUT2D eigenvalue weighted by Crippen LogP contribution is -2.21. The van der Waals surface area contributed by atoms with E-state index in [2.05, 4.69) is 0 Å². The minimum absolute atomic E-state index is 0.170. The van der Waals surface area contributed by atoms with Crippen molar-refractivity contribution in [1.82, 2.24) is 0 Å². The molecule has 0 aromatic heterocycles. The normalized spacial score (nSPS) is 10.2. The second-order valence-corrected chi connectivity index (χ2v) is 3.58. The maximum absolute atomic E-state index is 13.2. The maximum Gasteiger partial charge on any atom is 0.340 e. The molecule has 1 rings (SSSR count). The van der Waals surface area contributed by atoms with Gasteiger partial charge < -0.3 is 15.7 Å². The minimum atomic E-state index is -1.21. The Balaban J connectivity index is 3.28. The lowest BCUT2D eigenvalue weighted by Gasteiger charge is -2.21. The van der Waals surface area contributed by atoms with Gasteiger partial charge in [-0.2, -0.15) is 0 Å². The van der Waals surface area contributed by atoms with Gasteiger partial charge in [-0.15, -0.1) is 0 Å². The third kappa shape index (κ3) is 2.24. The van der Waals surface area contributed by atoms with Gasteiger partial charge in [-0.3, -0.25) is 0 Å². The van der Waals surface area contributed by atoms with E-state index < -0.39 is 11.8 Å². The van der Waals surface area contributed by atoms with E-state index >= 15 is 0 Å². The molecule has 1 aromatic carbocycles. The van der Waals surface area contributed by atoms with Crippen molar-refractivity contribution in [2.75, 3.05) is 24.2 Å². The molecule has 0 bridgehead atoms. The summed E-state index contributed by atoms with van der Waals surface area (Å²) in [5, 5.41) is 9.01. The molecule has 0 aliphatic heterocycles. The van der Waals surface area contributed by atoms with Gasteiger partial charge in [0.2, 0.25) is 0 Å². The molecule has 4 nitrogen and oxygen atoms in total. The van der Waals surface area contributed by atoms with Gasteiger partial charge in [0.15, 0.2) is 0 Å². The Bertz CT molecular complexity index is 407. The highest BCUT2D eigenvalue weighted by Gasteiger charge is 2.19. The summed E-state index contributed by atoms with van der Waals surface area (Å²) in [5.74, 6) is -1.92. The third-order valence-electron chi connectivity index (χ3n) is 2.35. The monoisotopic (exact) mass is 226 g/mol. The molecule has 0 aliphatic rings. The van der Waals surface area contributed by atoms with Crippen LogP contribution in [0.5, 0.6) is 0 Å². The summed E-state index contributed by atoms with van der Waals surface area (Å²) in [4.78, 5) is 12.8. The molecule has 0 amide bonds. The van der Waals surface area contributed by atoms with Gasteiger partial charge in [-0.05, 0) is 18.6 Å². The summed E-state index contributed by atoms with van der Waals surface area (Å²) >= 11 is 0. The highest BCUT2D eigenvalue weighted by molar-refractivity contribution is 6.00. The molecule has 5 heteroatoms. The lowest BCUT2D eigenvalue weighted by molar-refractivity contribution is 0.0698. The Labute approximate surface area is 93.5 Å². The summed E-state index contributed by atoms with van der Waals surface area (Å²) in [7, 11) is 1.75. The van der Waals surface area contributed by atoms with Crippen LogP contribution in [0.4, 0.5) is 15.8 Å². The fourth-order valence-corrected chi connectivity index (χ4v) is 1.58. The first-order valence-corrected chi connectivity index (χ1v) is 5.01. The van der Waals surface area contributed by atoms with E-state index in [-0.39, 0.29) is 11.3 Å². The summed E-state index contributed by atoms with van der Waals surface area (Å²) in [6, 6.07) is 2.62. The van der Waals surface area contributed by atoms with E-state index in [1.165, 1.54) is 12.1 Å². The van der Waals surface area contributed by atoms with E-state index in [1.54, 1.807) is 11.9 Å². The summed E-state index contributed by atoms with van der Waals surface area (Å²) in [5.41, 5.74) is 5.39. The number of halogens is 1. The zero-order chi connectivity index (χ0) is 12.3. The number of hydrogen-bond donors (Lipinski definition) is 2. The fraction of sp³-hybridized carbons (Fsp3) is 0.364. The van der Waals surface area contributed by atoms with Gasteiger partial charge in [0.1, 0.15) is 11.4 Å². The molecular weight excluding hydrogens is 211 g/mol. The largest absolute Gasteiger partial charge is 0.478 e. The van der Waals surface area contributed by atoms with Crippen molar-refractivity contribution in [1.29, 1.82) is 0 Å². The first kappa shape index (κ1) is 12.3. The van der Waals surface area contributed by atoms with E-state index in [9.17, 15) is 9.18 Å². The van der Waals surface area contributed by atoms with E-state index in [1.807, 2.05) is 6.92 Å². The number of nitrogen functional groups attached to an aromatic ring is 1. The number of nitrogens with two attached hydrogens (primary N) is 1. The topological polar surface area (TPSA) is 66.6 Å². The van der Waals surface area contributed by atoms with Crippen molar-refractivity contribution in [3.05, 3.63) is 23.5 Å². The number of carboxylic acids is 1. The van der Waals surface area contributed by atoms with Crippen LogP contribution in [0.25, 0.3) is 0 Å². The van der Waals surface area contributed by atoms with Crippen LogP contribution in [-0.2, 0) is 0 Å². The number of anilines is 2. The molecule has 0 radical (unpaired) electrons. The van der Waals surface area contributed by atoms with Crippen LogP contribution < -0.4 is 10.6 Å².